The molecule has 0 saturated carbocycles. The summed E-state index contributed by atoms with van der Waals surface area (Å²) in [4.78, 5) is 4.88. The first-order chi connectivity index (χ1) is 15.8. The van der Waals surface area contributed by atoms with Crippen LogP contribution in [-0.4, -0.2) is 42.5 Å². The molecule has 6 heteroatoms. The predicted octanol–water partition coefficient (Wildman–Crippen LogP) is 6.68. The molecular formula is C27H38N6+2. The fraction of sp³-hybridized carbons (Fsp3) is 0.556. The van der Waals surface area contributed by atoms with Gasteiger partial charge in [-0.15, -0.1) is 0 Å². The summed E-state index contributed by atoms with van der Waals surface area (Å²) < 4.78 is 4.65. The number of aryl methyl sites for hydroxylation is 4. The van der Waals surface area contributed by atoms with Gasteiger partial charge in [-0.2, -0.15) is 0 Å². The van der Waals surface area contributed by atoms with Crippen molar-refractivity contribution < 1.29 is 9.39 Å². The summed E-state index contributed by atoms with van der Waals surface area (Å²) in [7, 11) is 4.46. The monoisotopic (exact) mass is 446 g/mol. The molecule has 6 nitrogen and oxygen atoms in total. The van der Waals surface area contributed by atoms with Gasteiger partial charge in [0.05, 0.1) is 11.4 Å². The van der Waals surface area contributed by atoms with Crippen LogP contribution < -0.4 is 9.80 Å². The van der Waals surface area contributed by atoms with E-state index in [9.17, 15) is 0 Å². The number of azo groups is 4. The van der Waals surface area contributed by atoms with Crippen molar-refractivity contribution in [3.8, 4) is 0 Å². The zero-order valence-corrected chi connectivity index (χ0v) is 21.1. The van der Waals surface area contributed by atoms with Crippen LogP contribution in [0.4, 0.5) is 22.7 Å². The highest BCUT2D eigenvalue weighted by Crippen LogP contribution is 2.49. The molecule has 0 amide bonds. The van der Waals surface area contributed by atoms with Crippen molar-refractivity contribution in [1.29, 1.82) is 0 Å². The smallest absolute Gasteiger partial charge is 0.228 e. The Morgan fingerprint density at radius 1 is 0.636 bits per heavy atom. The predicted molar refractivity (Wildman–Crippen MR) is 134 cm³/mol. The molecule has 174 valence electrons. The van der Waals surface area contributed by atoms with E-state index in [0.717, 1.165) is 37.3 Å². The van der Waals surface area contributed by atoms with Crippen LogP contribution in [0.1, 0.15) is 60.8 Å². The van der Waals surface area contributed by atoms with E-state index >= 15 is 0 Å². The van der Waals surface area contributed by atoms with Gasteiger partial charge in [-0.3, -0.25) is 0 Å². The second-order valence-electron chi connectivity index (χ2n) is 10.2. The Bertz CT molecular complexity index is 1070. The molecule has 0 N–H and O–H groups in total. The summed E-state index contributed by atoms with van der Waals surface area (Å²) in [5.41, 5.74) is 9.57. The Kier molecular flexibility index (Phi) is 5.50. The van der Waals surface area contributed by atoms with Crippen LogP contribution in [0.3, 0.4) is 0 Å². The summed E-state index contributed by atoms with van der Waals surface area (Å²) in [5.74, 6) is -0.607. The Morgan fingerprint density at radius 3 is 1.45 bits per heavy atom. The fourth-order valence-corrected chi connectivity index (χ4v) is 6.28. The molecule has 2 aromatic rings. The minimum Gasteiger partial charge on any atom is -0.228 e. The SMILES string of the molecule is Cc1cc(C)c2c(c1)N=[N+]1CCCCCCCC[N+]3=Nc4cc(C)cc(C)c4N(C)C13N2C. The van der Waals surface area contributed by atoms with Gasteiger partial charge in [0.15, 0.2) is 24.5 Å². The second kappa shape index (κ2) is 8.23. The molecule has 0 atom stereocenters. The summed E-state index contributed by atoms with van der Waals surface area (Å²) in [6.07, 6.45) is 7.39. The standard InChI is InChI=1S/C27H38N6/c1-19-15-21(3)25-23(17-19)28-32-13-11-9-7-8-10-12-14-33-27(32,30(25)5)31(6)26-22(4)16-20(2)18-24(26)29-33/h15-18H,7-14H2,1-6H3/q+2. The van der Waals surface area contributed by atoms with E-state index in [-0.39, 0.29) is 0 Å². The summed E-state index contributed by atoms with van der Waals surface area (Å²) in [6.45, 7) is 10.6. The molecule has 33 heavy (non-hydrogen) atoms. The fourth-order valence-electron chi connectivity index (χ4n) is 6.28. The van der Waals surface area contributed by atoms with Gasteiger partial charge in [0, 0.05) is 37.2 Å². The first kappa shape index (κ1) is 22.1. The number of hydrogen-bond donors (Lipinski definition) is 0. The number of anilines is 2. The third-order valence-corrected chi connectivity index (χ3v) is 7.56. The maximum Gasteiger partial charge on any atom is 0.579 e. The van der Waals surface area contributed by atoms with Crippen LogP contribution in [0.15, 0.2) is 34.5 Å². The zero-order chi connectivity index (χ0) is 23.3. The molecule has 2 aromatic carbocycles. The van der Waals surface area contributed by atoms with Gasteiger partial charge in [0.2, 0.25) is 0 Å². The molecular weight excluding hydrogens is 408 g/mol. The number of benzene rings is 2. The third-order valence-electron chi connectivity index (χ3n) is 7.56. The highest BCUT2D eigenvalue weighted by atomic mass is 15.7. The molecule has 0 aliphatic carbocycles. The minimum atomic E-state index is -0.607. The summed E-state index contributed by atoms with van der Waals surface area (Å²) >= 11 is 0. The van der Waals surface area contributed by atoms with E-state index in [1.807, 2.05) is 0 Å². The van der Waals surface area contributed by atoms with Crippen LogP contribution in [0.25, 0.3) is 0 Å². The second-order valence-corrected chi connectivity index (χ2v) is 10.2. The molecule has 0 radical (unpaired) electrons. The molecule has 3 aliphatic rings. The Hall–Kier alpha value is -2.76. The van der Waals surface area contributed by atoms with Gasteiger partial charge in [-0.1, -0.05) is 25.0 Å². The number of hydrogen-bond acceptors (Lipinski definition) is 4. The van der Waals surface area contributed by atoms with E-state index in [2.05, 4.69) is 85.3 Å². The molecule has 5 rings (SSSR count). The zero-order valence-electron chi connectivity index (χ0n) is 21.1. The lowest BCUT2D eigenvalue weighted by Crippen LogP contribution is -2.73. The van der Waals surface area contributed by atoms with Crippen molar-refractivity contribution >= 4 is 22.7 Å². The molecule has 0 bridgehead atoms. The van der Waals surface area contributed by atoms with Crippen LogP contribution in [0.2, 0.25) is 0 Å². The first-order valence-corrected chi connectivity index (χ1v) is 12.5. The lowest BCUT2D eigenvalue weighted by molar-refractivity contribution is -0.877. The van der Waals surface area contributed by atoms with E-state index in [4.69, 9.17) is 10.2 Å². The van der Waals surface area contributed by atoms with Crippen LogP contribution >= 0.6 is 0 Å². The van der Waals surface area contributed by atoms with E-state index in [0.29, 0.717) is 0 Å². The van der Waals surface area contributed by atoms with Crippen molar-refractivity contribution in [1.82, 2.24) is 0 Å². The molecule has 3 heterocycles. The Labute approximate surface area is 198 Å². The molecule has 0 aromatic heterocycles. The van der Waals surface area contributed by atoms with Crippen molar-refractivity contribution in [3.63, 3.8) is 0 Å². The van der Waals surface area contributed by atoms with Crippen molar-refractivity contribution in [2.24, 2.45) is 10.2 Å². The average Bonchev–Trinajstić information content (AvgIpc) is 2.77. The van der Waals surface area contributed by atoms with E-state index in [1.165, 1.54) is 59.3 Å². The largest absolute Gasteiger partial charge is 0.579 e. The number of rotatable bonds is 0. The van der Waals surface area contributed by atoms with Crippen LogP contribution in [0, 0.1) is 27.7 Å². The van der Waals surface area contributed by atoms with Crippen molar-refractivity contribution in [2.45, 2.75) is 72.1 Å². The average molecular weight is 447 g/mol. The maximum absolute atomic E-state index is 5.34. The first-order valence-electron chi connectivity index (χ1n) is 12.5. The van der Waals surface area contributed by atoms with Crippen molar-refractivity contribution in [2.75, 3.05) is 37.0 Å². The molecule has 1 spiro atoms. The third kappa shape index (κ3) is 3.37. The Morgan fingerprint density at radius 2 is 1.03 bits per heavy atom. The topological polar surface area (TPSA) is 37.2 Å². The van der Waals surface area contributed by atoms with Gasteiger partial charge in [-0.25, -0.2) is 9.80 Å². The molecule has 3 aliphatic heterocycles. The van der Waals surface area contributed by atoms with Gasteiger partial charge in [0.25, 0.3) is 0 Å². The number of nitrogens with zero attached hydrogens (tertiary/aromatic N) is 6. The lowest BCUT2D eigenvalue weighted by Gasteiger charge is -2.43. The molecule has 0 unspecified atom stereocenters. The van der Waals surface area contributed by atoms with Gasteiger partial charge in [0.1, 0.15) is 0 Å². The van der Waals surface area contributed by atoms with Gasteiger partial charge < -0.3 is 0 Å². The van der Waals surface area contributed by atoms with Gasteiger partial charge >= 0.3 is 5.91 Å². The normalized spacial score (nSPS) is 19.9. The van der Waals surface area contributed by atoms with Gasteiger partial charge in [-0.05, 0) is 84.3 Å². The van der Waals surface area contributed by atoms with Crippen molar-refractivity contribution in [3.05, 3.63) is 46.5 Å². The quantitative estimate of drug-likeness (QED) is 0.423. The molecule has 1 saturated heterocycles. The highest BCUT2D eigenvalue weighted by molar-refractivity contribution is 5.76. The maximum atomic E-state index is 5.34. The lowest BCUT2D eigenvalue weighted by atomic mass is 10.0. The van der Waals surface area contributed by atoms with E-state index < -0.39 is 5.91 Å². The summed E-state index contributed by atoms with van der Waals surface area (Å²) in [6, 6.07) is 9.00. The van der Waals surface area contributed by atoms with E-state index in [1.54, 1.807) is 0 Å². The Balaban J connectivity index is 1.80. The van der Waals surface area contributed by atoms with Crippen LogP contribution in [0.5, 0.6) is 0 Å². The molecule has 1 fully saturated rings. The van der Waals surface area contributed by atoms with Crippen LogP contribution in [-0.2, 0) is 0 Å². The summed E-state index contributed by atoms with van der Waals surface area (Å²) in [5, 5.41) is 10.7. The number of fused-ring (bicyclic) bond motifs is 2. The highest BCUT2D eigenvalue weighted by Gasteiger charge is 2.68. The minimum absolute atomic E-state index is 0.607.